The standard InChI is InChI=1S/C12H15BN4O3/c1-9(18)14-12(13(19)20)8-17-7-11(15-16-17)10-5-3-2-4-6-10/h2-7,12,19-20H,8H2,1H3,(H,14,18)/t12-/m0/s1. The van der Waals surface area contributed by atoms with Gasteiger partial charge in [-0.15, -0.1) is 5.10 Å². The van der Waals surface area contributed by atoms with Crippen LogP contribution in [0.1, 0.15) is 6.92 Å². The molecule has 0 saturated carbocycles. The summed E-state index contributed by atoms with van der Waals surface area (Å²) in [6.07, 6.45) is 1.69. The maximum absolute atomic E-state index is 11.0. The van der Waals surface area contributed by atoms with Crippen molar-refractivity contribution in [2.24, 2.45) is 0 Å². The average Bonchev–Trinajstić information content (AvgIpc) is 2.87. The smallest absolute Gasteiger partial charge is 0.426 e. The number of amides is 1. The fourth-order valence-electron chi connectivity index (χ4n) is 1.81. The normalized spacial score (nSPS) is 11.9. The zero-order valence-corrected chi connectivity index (χ0v) is 11.0. The molecule has 0 saturated heterocycles. The number of hydrogen-bond donors (Lipinski definition) is 3. The molecule has 7 nitrogen and oxygen atoms in total. The predicted molar refractivity (Wildman–Crippen MR) is 73.3 cm³/mol. The fraction of sp³-hybridized carbons (Fsp3) is 0.250. The average molecular weight is 274 g/mol. The largest absolute Gasteiger partial charge is 0.477 e. The van der Waals surface area contributed by atoms with Gasteiger partial charge in [0.05, 0.1) is 18.7 Å². The Morgan fingerprint density at radius 1 is 1.40 bits per heavy atom. The lowest BCUT2D eigenvalue weighted by Crippen LogP contribution is -2.48. The summed E-state index contributed by atoms with van der Waals surface area (Å²) in [6, 6.07) is 9.50. The Hall–Kier alpha value is -2.19. The maximum atomic E-state index is 11.0. The van der Waals surface area contributed by atoms with Crippen molar-refractivity contribution in [1.82, 2.24) is 20.3 Å². The van der Waals surface area contributed by atoms with Crippen LogP contribution in [0.15, 0.2) is 36.5 Å². The number of benzene rings is 1. The Kier molecular flexibility index (Phi) is 4.49. The number of hydrogen-bond acceptors (Lipinski definition) is 5. The van der Waals surface area contributed by atoms with E-state index in [0.29, 0.717) is 5.69 Å². The lowest BCUT2D eigenvalue weighted by molar-refractivity contribution is -0.119. The Morgan fingerprint density at radius 2 is 2.10 bits per heavy atom. The van der Waals surface area contributed by atoms with Crippen LogP contribution in [0, 0.1) is 0 Å². The van der Waals surface area contributed by atoms with E-state index in [0.717, 1.165) is 5.56 Å². The van der Waals surface area contributed by atoms with Crippen molar-refractivity contribution in [3.05, 3.63) is 36.5 Å². The molecule has 20 heavy (non-hydrogen) atoms. The minimum atomic E-state index is -1.66. The Balaban J connectivity index is 2.10. The second-order valence-corrected chi connectivity index (χ2v) is 4.41. The van der Waals surface area contributed by atoms with Crippen molar-refractivity contribution < 1.29 is 14.8 Å². The van der Waals surface area contributed by atoms with Crippen molar-refractivity contribution >= 4 is 13.0 Å². The zero-order valence-electron chi connectivity index (χ0n) is 11.0. The van der Waals surface area contributed by atoms with Crippen molar-refractivity contribution in [3.8, 4) is 11.3 Å². The molecule has 104 valence electrons. The number of carbonyl (C=O) groups is 1. The SMILES string of the molecule is CC(=O)N[C@@H](Cn1cc(-c2ccccc2)nn1)B(O)O. The number of carbonyl (C=O) groups excluding carboxylic acids is 1. The summed E-state index contributed by atoms with van der Waals surface area (Å²) in [7, 11) is -1.66. The van der Waals surface area contributed by atoms with E-state index < -0.39 is 13.1 Å². The first-order valence-electron chi connectivity index (χ1n) is 6.15. The van der Waals surface area contributed by atoms with Crippen LogP contribution in [-0.2, 0) is 11.3 Å². The molecular weight excluding hydrogens is 259 g/mol. The molecule has 0 fully saturated rings. The molecule has 0 spiro atoms. The van der Waals surface area contributed by atoms with Crippen LogP contribution in [0.5, 0.6) is 0 Å². The van der Waals surface area contributed by atoms with Crippen LogP contribution in [0.4, 0.5) is 0 Å². The summed E-state index contributed by atoms with van der Waals surface area (Å²) in [5, 5.41) is 28.8. The number of nitrogens with zero attached hydrogens (tertiary/aromatic N) is 3. The molecule has 1 aromatic heterocycles. The van der Waals surface area contributed by atoms with Gasteiger partial charge in [-0.2, -0.15) is 0 Å². The highest BCUT2D eigenvalue weighted by atomic mass is 16.4. The maximum Gasteiger partial charge on any atom is 0.477 e. The van der Waals surface area contributed by atoms with Crippen LogP contribution >= 0.6 is 0 Å². The van der Waals surface area contributed by atoms with Gasteiger partial charge in [-0.1, -0.05) is 35.5 Å². The van der Waals surface area contributed by atoms with Crippen LogP contribution < -0.4 is 5.32 Å². The third-order valence-electron chi connectivity index (χ3n) is 2.74. The Bertz CT molecular complexity index is 573. The van der Waals surface area contributed by atoms with E-state index in [1.807, 2.05) is 30.3 Å². The lowest BCUT2D eigenvalue weighted by Gasteiger charge is -2.15. The van der Waals surface area contributed by atoms with Crippen molar-refractivity contribution in [1.29, 1.82) is 0 Å². The first kappa shape index (κ1) is 14.2. The van der Waals surface area contributed by atoms with Gasteiger partial charge in [-0.3, -0.25) is 9.48 Å². The van der Waals surface area contributed by atoms with Crippen molar-refractivity contribution in [2.45, 2.75) is 19.4 Å². The Morgan fingerprint density at radius 3 is 2.70 bits per heavy atom. The van der Waals surface area contributed by atoms with Crippen LogP contribution in [-0.4, -0.2) is 44.0 Å². The van der Waals surface area contributed by atoms with E-state index in [1.165, 1.54) is 11.6 Å². The van der Waals surface area contributed by atoms with Gasteiger partial charge in [0.15, 0.2) is 0 Å². The van der Waals surface area contributed by atoms with E-state index in [2.05, 4.69) is 15.6 Å². The van der Waals surface area contributed by atoms with Crippen LogP contribution in [0.25, 0.3) is 11.3 Å². The van der Waals surface area contributed by atoms with E-state index in [9.17, 15) is 14.8 Å². The number of nitrogens with one attached hydrogen (secondary N) is 1. The molecule has 0 bridgehead atoms. The van der Waals surface area contributed by atoms with Gasteiger partial charge in [0.25, 0.3) is 0 Å². The van der Waals surface area contributed by atoms with E-state index in [-0.39, 0.29) is 12.5 Å². The molecule has 1 aromatic carbocycles. The summed E-state index contributed by atoms with van der Waals surface area (Å²) in [4.78, 5) is 11.0. The first-order chi connectivity index (χ1) is 9.56. The van der Waals surface area contributed by atoms with Gasteiger partial charge in [0, 0.05) is 12.5 Å². The van der Waals surface area contributed by atoms with E-state index >= 15 is 0 Å². The third-order valence-corrected chi connectivity index (χ3v) is 2.74. The topological polar surface area (TPSA) is 100 Å². The number of rotatable bonds is 5. The molecule has 0 unspecified atom stereocenters. The second kappa shape index (κ2) is 6.31. The van der Waals surface area contributed by atoms with Crippen molar-refractivity contribution in [3.63, 3.8) is 0 Å². The monoisotopic (exact) mass is 274 g/mol. The summed E-state index contributed by atoms with van der Waals surface area (Å²) in [6.45, 7) is 1.43. The van der Waals surface area contributed by atoms with Gasteiger partial charge in [0.2, 0.25) is 5.91 Å². The van der Waals surface area contributed by atoms with Crippen LogP contribution in [0.2, 0.25) is 0 Å². The molecule has 0 radical (unpaired) electrons. The van der Waals surface area contributed by atoms with Gasteiger partial charge in [-0.05, 0) is 0 Å². The highest BCUT2D eigenvalue weighted by molar-refractivity contribution is 6.43. The third kappa shape index (κ3) is 3.66. The second-order valence-electron chi connectivity index (χ2n) is 4.41. The van der Waals surface area contributed by atoms with E-state index in [1.54, 1.807) is 6.20 Å². The molecule has 0 aliphatic rings. The fourth-order valence-corrected chi connectivity index (χ4v) is 1.81. The zero-order chi connectivity index (χ0) is 14.5. The molecule has 1 heterocycles. The van der Waals surface area contributed by atoms with Gasteiger partial charge >= 0.3 is 7.12 Å². The van der Waals surface area contributed by atoms with Gasteiger partial charge in [-0.25, -0.2) is 0 Å². The minimum absolute atomic E-state index is 0.122. The molecule has 3 N–H and O–H groups in total. The molecule has 8 heteroatoms. The van der Waals surface area contributed by atoms with Gasteiger partial charge < -0.3 is 15.4 Å². The summed E-state index contributed by atoms with van der Waals surface area (Å²) in [5.74, 6) is -1.18. The lowest BCUT2D eigenvalue weighted by atomic mass is 9.79. The molecule has 2 aromatic rings. The molecular formula is C12H15BN4O3. The minimum Gasteiger partial charge on any atom is -0.426 e. The molecule has 1 amide bonds. The number of aromatic nitrogens is 3. The molecule has 0 aliphatic carbocycles. The first-order valence-corrected chi connectivity index (χ1v) is 6.15. The summed E-state index contributed by atoms with van der Waals surface area (Å²) < 4.78 is 1.46. The van der Waals surface area contributed by atoms with Crippen molar-refractivity contribution in [2.75, 3.05) is 0 Å². The predicted octanol–water partition coefficient (Wildman–Crippen LogP) is -0.538. The van der Waals surface area contributed by atoms with Crippen LogP contribution in [0.3, 0.4) is 0 Å². The van der Waals surface area contributed by atoms with Gasteiger partial charge in [0.1, 0.15) is 5.69 Å². The quantitative estimate of drug-likeness (QED) is 0.636. The molecule has 0 aliphatic heterocycles. The molecule has 2 rings (SSSR count). The van der Waals surface area contributed by atoms with E-state index in [4.69, 9.17) is 0 Å². The summed E-state index contributed by atoms with van der Waals surface area (Å²) in [5.41, 5.74) is 1.60. The highest BCUT2D eigenvalue weighted by Crippen LogP contribution is 2.14. The highest BCUT2D eigenvalue weighted by Gasteiger charge is 2.25. The summed E-state index contributed by atoms with van der Waals surface area (Å²) >= 11 is 0. The molecule has 1 atom stereocenters. The Labute approximate surface area is 116 Å².